The van der Waals surface area contributed by atoms with Gasteiger partial charge in [-0.3, -0.25) is 9.36 Å². The average Bonchev–Trinajstić information content (AvgIpc) is 2.95. The Morgan fingerprint density at radius 2 is 2.26 bits per heavy atom. The maximum atomic E-state index is 13.4. The van der Waals surface area contributed by atoms with Gasteiger partial charge in [0.2, 0.25) is 0 Å². The Labute approximate surface area is 111 Å². The predicted octanol–water partition coefficient (Wildman–Crippen LogP) is 2.13. The molecule has 6 heteroatoms. The first-order valence-electron chi connectivity index (χ1n) is 5.98. The molecule has 3 aromatic rings. The first-order valence-corrected chi connectivity index (χ1v) is 6.96. The lowest BCUT2D eigenvalue weighted by Crippen LogP contribution is -2.21. The van der Waals surface area contributed by atoms with Crippen molar-refractivity contribution in [2.75, 3.05) is 5.75 Å². The summed E-state index contributed by atoms with van der Waals surface area (Å²) in [6, 6.07) is 4.54. The van der Waals surface area contributed by atoms with Crippen LogP contribution in [-0.4, -0.2) is 19.9 Å². The Bertz CT molecular complexity index is 896. The number of benzene rings is 1. The molecule has 0 aliphatic carbocycles. The lowest BCUT2D eigenvalue weighted by molar-refractivity contribution is 0.629. The summed E-state index contributed by atoms with van der Waals surface area (Å²) in [5, 5.41) is 1.43. The van der Waals surface area contributed by atoms with E-state index in [1.165, 1.54) is 12.1 Å². The second-order valence-corrected chi connectivity index (χ2v) is 5.68. The largest absolute Gasteiger partial charge is 0.338 e. The third-order valence-corrected chi connectivity index (χ3v) is 4.52. The predicted molar refractivity (Wildman–Crippen MR) is 73.2 cm³/mol. The molecule has 0 atom stereocenters. The molecule has 0 saturated heterocycles. The number of nitrogens with zero attached hydrogens (tertiary/aromatic N) is 3. The highest BCUT2D eigenvalue weighted by Gasteiger charge is 2.21. The zero-order chi connectivity index (χ0) is 13.1. The van der Waals surface area contributed by atoms with Gasteiger partial charge in [-0.15, -0.1) is 0 Å². The SMILES string of the molecule is Cn1c2ccc(F)cc2c2nc3n(c(=O)c21)CCS3. The van der Waals surface area contributed by atoms with E-state index in [1.54, 1.807) is 27.0 Å². The Hall–Kier alpha value is -1.82. The van der Waals surface area contributed by atoms with Gasteiger partial charge in [-0.1, -0.05) is 11.8 Å². The van der Waals surface area contributed by atoms with Gasteiger partial charge in [-0.2, -0.15) is 0 Å². The van der Waals surface area contributed by atoms with Crippen molar-refractivity contribution >= 4 is 33.7 Å². The van der Waals surface area contributed by atoms with Crippen LogP contribution in [0.1, 0.15) is 0 Å². The molecule has 1 aromatic carbocycles. The van der Waals surface area contributed by atoms with Gasteiger partial charge in [-0.05, 0) is 18.2 Å². The highest BCUT2D eigenvalue weighted by molar-refractivity contribution is 7.99. The second kappa shape index (κ2) is 3.60. The first-order chi connectivity index (χ1) is 9.16. The van der Waals surface area contributed by atoms with Gasteiger partial charge in [0.05, 0.1) is 5.52 Å². The van der Waals surface area contributed by atoms with Crippen LogP contribution in [0.5, 0.6) is 0 Å². The minimum absolute atomic E-state index is 0.0379. The van der Waals surface area contributed by atoms with E-state index in [4.69, 9.17) is 0 Å². The molecule has 19 heavy (non-hydrogen) atoms. The summed E-state index contributed by atoms with van der Waals surface area (Å²) in [7, 11) is 1.82. The molecule has 2 aromatic heterocycles. The number of hydrogen-bond acceptors (Lipinski definition) is 3. The fourth-order valence-corrected chi connectivity index (χ4v) is 3.60. The summed E-state index contributed by atoms with van der Waals surface area (Å²) in [5.74, 6) is 0.556. The van der Waals surface area contributed by atoms with Crippen molar-refractivity contribution in [2.45, 2.75) is 11.7 Å². The number of aromatic nitrogens is 3. The van der Waals surface area contributed by atoms with Crippen LogP contribution in [0.25, 0.3) is 21.9 Å². The third kappa shape index (κ3) is 1.35. The van der Waals surface area contributed by atoms with Crippen molar-refractivity contribution in [3.8, 4) is 0 Å². The van der Waals surface area contributed by atoms with E-state index in [0.29, 0.717) is 23.0 Å². The second-order valence-electron chi connectivity index (χ2n) is 4.62. The molecule has 0 saturated carbocycles. The van der Waals surface area contributed by atoms with Crippen LogP contribution >= 0.6 is 11.8 Å². The zero-order valence-corrected chi connectivity index (χ0v) is 11.0. The molecule has 0 spiro atoms. The van der Waals surface area contributed by atoms with Crippen LogP contribution in [0, 0.1) is 5.82 Å². The summed E-state index contributed by atoms with van der Waals surface area (Å²) >= 11 is 1.57. The maximum absolute atomic E-state index is 13.4. The summed E-state index contributed by atoms with van der Waals surface area (Å²) in [4.78, 5) is 17.0. The number of fused-ring (bicyclic) bond motifs is 4. The van der Waals surface area contributed by atoms with Crippen LogP contribution in [0.15, 0.2) is 28.2 Å². The molecule has 0 N–H and O–H groups in total. The third-order valence-electron chi connectivity index (χ3n) is 3.57. The van der Waals surface area contributed by atoms with E-state index < -0.39 is 0 Å². The maximum Gasteiger partial charge on any atom is 0.278 e. The van der Waals surface area contributed by atoms with Crippen LogP contribution in [-0.2, 0) is 13.6 Å². The Kier molecular flexibility index (Phi) is 2.09. The molecule has 0 bridgehead atoms. The van der Waals surface area contributed by atoms with Gasteiger partial charge in [-0.25, -0.2) is 9.37 Å². The van der Waals surface area contributed by atoms with Crippen LogP contribution in [0.3, 0.4) is 0 Å². The van der Waals surface area contributed by atoms with Crippen LogP contribution in [0.4, 0.5) is 4.39 Å². The molecule has 96 valence electrons. The number of halogens is 1. The molecular weight excluding hydrogens is 265 g/mol. The van der Waals surface area contributed by atoms with E-state index >= 15 is 0 Å². The fraction of sp³-hybridized carbons (Fsp3) is 0.231. The van der Waals surface area contributed by atoms with Crippen molar-refractivity contribution in [3.63, 3.8) is 0 Å². The zero-order valence-electron chi connectivity index (χ0n) is 10.2. The van der Waals surface area contributed by atoms with Gasteiger partial charge >= 0.3 is 0 Å². The van der Waals surface area contributed by atoms with Gasteiger partial charge in [0, 0.05) is 24.7 Å². The molecule has 0 fully saturated rings. The smallest absolute Gasteiger partial charge is 0.278 e. The Morgan fingerprint density at radius 1 is 1.42 bits per heavy atom. The highest BCUT2D eigenvalue weighted by Crippen LogP contribution is 2.29. The molecule has 1 aliphatic heterocycles. The van der Waals surface area contributed by atoms with Crippen molar-refractivity contribution < 1.29 is 4.39 Å². The average molecular weight is 275 g/mol. The molecule has 0 radical (unpaired) electrons. The quantitative estimate of drug-likeness (QED) is 0.590. The lowest BCUT2D eigenvalue weighted by Gasteiger charge is -2.02. The van der Waals surface area contributed by atoms with Crippen molar-refractivity contribution in [1.82, 2.24) is 14.1 Å². The summed E-state index contributed by atoms with van der Waals surface area (Å²) in [6.45, 7) is 0.692. The molecule has 1 aliphatic rings. The van der Waals surface area contributed by atoms with Crippen molar-refractivity contribution in [2.24, 2.45) is 7.05 Å². The van der Waals surface area contributed by atoms with Gasteiger partial charge < -0.3 is 4.57 Å². The topological polar surface area (TPSA) is 39.8 Å². The number of thioether (sulfide) groups is 1. The minimum atomic E-state index is -0.310. The molecule has 4 nitrogen and oxygen atoms in total. The fourth-order valence-electron chi connectivity index (χ4n) is 2.66. The number of rotatable bonds is 0. The monoisotopic (exact) mass is 275 g/mol. The van der Waals surface area contributed by atoms with E-state index in [-0.39, 0.29) is 11.4 Å². The molecule has 3 heterocycles. The lowest BCUT2D eigenvalue weighted by atomic mass is 10.2. The summed E-state index contributed by atoms with van der Waals surface area (Å²) in [6.07, 6.45) is 0. The Morgan fingerprint density at radius 3 is 3.11 bits per heavy atom. The van der Waals surface area contributed by atoms with Gasteiger partial charge in [0.25, 0.3) is 5.56 Å². The number of hydrogen-bond donors (Lipinski definition) is 0. The van der Waals surface area contributed by atoms with Crippen LogP contribution < -0.4 is 5.56 Å². The highest BCUT2D eigenvalue weighted by atomic mass is 32.2. The molecular formula is C13H10FN3OS. The van der Waals surface area contributed by atoms with E-state index in [0.717, 1.165) is 16.4 Å². The van der Waals surface area contributed by atoms with Crippen LogP contribution in [0.2, 0.25) is 0 Å². The van der Waals surface area contributed by atoms with E-state index in [9.17, 15) is 9.18 Å². The number of aryl methyl sites for hydroxylation is 1. The summed E-state index contributed by atoms with van der Waals surface area (Å²) < 4.78 is 16.9. The van der Waals surface area contributed by atoms with Gasteiger partial charge in [0.15, 0.2) is 5.16 Å². The Balaban J connectivity index is 2.30. The minimum Gasteiger partial charge on any atom is -0.338 e. The molecule has 0 amide bonds. The normalized spacial score (nSPS) is 14.4. The van der Waals surface area contributed by atoms with E-state index in [1.807, 2.05) is 7.05 Å². The van der Waals surface area contributed by atoms with Crippen molar-refractivity contribution in [3.05, 3.63) is 34.4 Å². The first kappa shape index (κ1) is 11.0. The molecule has 0 unspecified atom stereocenters. The molecule has 4 rings (SSSR count). The summed E-state index contributed by atoms with van der Waals surface area (Å²) in [5.41, 5.74) is 1.94. The van der Waals surface area contributed by atoms with Gasteiger partial charge in [0.1, 0.15) is 16.9 Å². The van der Waals surface area contributed by atoms with Crippen molar-refractivity contribution in [1.29, 1.82) is 0 Å². The van der Waals surface area contributed by atoms with E-state index in [2.05, 4.69) is 4.98 Å². The standard InChI is InChI=1S/C13H10FN3OS/c1-16-9-3-2-7(14)6-8(9)10-11(16)12(18)17-4-5-19-13(17)15-10/h2-3,6H,4-5H2,1H3.